The molecule has 1 amide bonds. The molecule has 76 heavy (non-hydrogen) atoms. The highest BCUT2D eigenvalue weighted by atomic mass is 32.3. The average molecular weight is 1060 g/mol. The van der Waals surface area contributed by atoms with Crippen LogP contribution in [0.15, 0.2) is 132 Å². The van der Waals surface area contributed by atoms with Gasteiger partial charge in [-0.25, -0.2) is 19.3 Å². The molecule has 1 saturated heterocycles. The van der Waals surface area contributed by atoms with Crippen molar-refractivity contribution in [2.75, 3.05) is 102 Å². The van der Waals surface area contributed by atoms with Gasteiger partial charge in [0.05, 0.1) is 34.2 Å². The van der Waals surface area contributed by atoms with Crippen molar-refractivity contribution in [1.29, 1.82) is 0 Å². The van der Waals surface area contributed by atoms with Crippen LogP contribution in [0.2, 0.25) is 12.6 Å². The first-order valence-electron chi connectivity index (χ1n) is 26.3. The number of fused-ring (bicyclic) bond motifs is 4. The Morgan fingerprint density at radius 3 is 2.25 bits per heavy atom. The SMILES string of the molecule is CN1CCN(c2ccc3nc(-c4ccc5nc(-c6ccc(OCCCCNC(=O)CCS(C)(O)CC[Si]7(C)C8=CC(=[N+](C)C)C=CC8=C(c8ccccc8C(=O)O)c8ccc(N(C)C)cc87)cc6)[nH]c5c4)[nH]c3c2)CC1. The van der Waals surface area contributed by atoms with E-state index in [1.807, 2.05) is 76.9 Å². The number of hydrogen-bond donors (Lipinski definition) is 5. The third kappa shape index (κ3) is 11.0. The van der Waals surface area contributed by atoms with Gasteiger partial charge in [-0.2, -0.15) is 0 Å². The van der Waals surface area contributed by atoms with Crippen LogP contribution in [0.1, 0.15) is 40.7 Å². The van der Waals surface area contributed by atoms with Crippen LogP contribution in [0.4, 0.5) is 11.4 Å². The van der Waals surface area contributed by atoms with Gasteiger partial charge in [0.15, 0.2) is 5.71 Å². The molecule has 2 aromatic heterocycles. The summed E-state index contributed by atoms with van der Waals surface area (Å²) >= 11 is 0. The number of nitrogens with one attached hydrogen (secondary N) is 3. The molecule has 5 N–H and O–H groups in total. The van der Waals surface area contributed by atoms with Crippen molar-refractivity contribution in [3.05, 3.63) is 149 Å². The largest absolute Gasteiger partial charge is 0.494 e. The van der Waals surface area contributed by atoms with Crippen molar-refractivity contribution in [3.63, 3.8) is 0 Å². The molecule has 2 unspecified atom stereocenters. The van der Waals surface area contributed by atoms with E-state index >= 15 is 0 Å². The maximum absolute atomic E-state index is 13.2. The van der Waals surface area contributed by atoms with Crippen LogP contribution in [0.5, 0.6) is 5.75 Å². The van der Waals surface area contributed by atoms with Crippen LogP contribution in [0, 0.1) is 0 Å². The molecule has 4 heterocycles. The molecule has 14 nitrogen and oxygen atoms in total. The van der Waals surface area contributed by atoms with Crippen LogP contribution < -0.4 is 25.0 Å². The smallest absolute Gasteiger partial charge is 0.336 e. The number of aromatic nitrogens is 4. The number of carboxylic acid groups (broad SMARTS) is 1. The van der Waals surface area contributed by atoms with Crippen molar-refractivity contribution in [2.45, 2.75) is 31.9 Å². The monoisotopic (exact) mass is 1060 g/mol. The molecule has 0 saturated carbocycles. The lowest BCUT2D eigenvalue weighted by atomic mass is 9.87. The number of anilines is 2. The predicted octanol–water partition coefficient (Wildman–Crippen LogP) is 9.41. The van der Waals surface area contributed by atoms with Gasteiger partial charge in [0.2, 0.25) is 5.91 Å². The zero-order valence-corrected chi connectivity index (χ0v) is 46.6. The molecule has 16 heteroatoms. The molecule has 5 aromatic carbocycles. The van der Waals surface area contributed by atoms with Crippen molar-refractivity contribution >= 4 is 80.2 Å². The van der Waals surface area contributed by atoms with E-state index in [1.54, 1.807) is 12.1 Å². The van der Waals surface area contributed by atoms with Crippen molar-refractivity contribution < 1.29 is 28.6 Å². The summed E-state index contributed by atoms with van der Waals surface area (Å²) in [5, 5.41) is 15.9. The second-order valence-corrected chi connectivity index (χ2v) is 28.8. The second-order valence-electron chi connectivity index (χ2n) is 21.3. The van der Waals surface area contributed by atoms with E-state index in [2.05, 4.69) is 115 Å². The normalized spacial score (nSPS) is 17.8. The Morgan fingerprint density at radius 2 is 1.53 bits per heavy atom. The number of ether oxygens (including phenoxy) is 1. The van der Waals surface area contributed by atoms with E-state index in [-0.39, 0.29) is 17.9 Å². The maximum atomic E-state index is 13.2. The standard InChI is InChI=1S/C60H69N9O5SSi/c1-66(2)42-17-22-48-54(38-42)76(7,55-39-43(67(3)4)18-23-49(55)57(48)46-12-8-9-13-47(46)60(71)72)35-34-75(6,73)33-26-56(70)61-27-10-11-32-74-45-20-14-40(15-21-45)58-62-50-24-16-41(36-52(50)64-58)59-63-51-25-19-44(37-53(51)65-59)69-30-28-68(5)29-31-69/h8-9,12-25,36-39H,10-11,26-35H2,1-7H3,(H4-,61,62,63,64,65,70,71,72,73)/p+1. The molecule has 0 spiro atoms. The first-order chi connectivity index (χ1) is 36.5. The van der Waals surface area contributed by atoms with Crippen LogP contribution in [-0.4, -0.2) is 157 Å². The Kier molecular flexibility index (Phi) is 15.0. The van der Waals surface area contributed by atoms with Crippen LogP contribution in [-0.2, 0) is 4.79 Å². The molecule has 7 aromatic rings. The number of piperazine rings is 1. The molecule has 3 aliphatic rings. The van der Waals surface area contributed by atoms with Crippen molar-refractivity contribution in [3.8, 4) is 28.5 Å². The number of unbranched alkanes of at least 4 members (excludes halogenated alkanes) is 1. The van der Waals surface area contributed by atoms with Crippen molar-refractivity contribution in [2.24, 2.45) is 0 Å². The first-order valence-corrected chi connectivity index (χ1v) is 31.3. The fraction of sp³-hybridized carbons (Fsp3) is 0.317. The Labute approximate surface area is 448 Å². The number of imidazole rings is 2. The molecular formula is C60H70N9O5SSi+. The lowest BCUT2D eigenvalue weighted by Crippen LogP contribution is -2.53. The molecule has 0 radical (unpaired) electrons. The van der Waals surface area contributed by atoms with Crippen molar-refractivity contribution in [1.82, 2.24) is 30.2 Å². The number of carbonyl (C=O) groups is 2. The van der Waals surface area contributed by atoms with Gasteiger partial charge in [0.1, 0.15) is 39.6 Å². The molecular weight excluding hydrogens is 987 g/mol. The lowest BCUT2D eigenvalue weighted by molar-refractivity contribution is -0.462. The third-order valence-electron chi connectivity index (χ3n) is 15.4. The number of rotatable bonds is 18. The van der Waals surface area contributed by atoms with Gasteiger partial charge in [-0.3, -0.25) is 4.79 Å². The highest BCUT2D eigenvalue weighted by molar-refractivity contribution is 8.28. The Hall–Kier alpha value is -7.24. The zero-order chi connectivity index (χ0) is 53.3. The van der Waals surface area contributed by atoms with Crippen LogP contribution in [0.25, 0.3) is 50.4 Å². The second kappa shape index (κ2) is 21.8. The van der Waals surface area contributed by atoms with Gasteiger partial charge in [0, 0.05) is 93.6 Å². The summed E-state index contributed by atoms with van der Waals surface area (Å²) in [7, 11) is 5.56. The number of amides is 1. The zero-order valence-electron chi connectivity index (χ0n) is 44.7. The third-order valence-corrected chi connectivity index (χ3v) is 22.4. The molecule has 2 aliphatic heterocycles. The quantitative estimate of drug-likeness (QED) is 0.0318. The predicted molar refractivity (Wildman–Crippen MR) is 315 cm³/mol. The van der Waals surface area contributed by atoms with Gasteiger partial charge >= 0.3 is 5.97 Å². The summed E-state index contributed by atoms with van der Waals surface area (Å²) in [5.74, 6) is 2.35. The number of likely N-dealkylation sites (N-methyl/N-ethyl adjacent to an activating group) is 1. The number of carbonyl (C=O) groups excluding carboxylic acids is 1. The van der Waals surface area contributed by atoms with Gasteiger partial charge in [-0.15, -0.1) is 10.3 Å². The first kappa shape index (κ1) is 52.2. The fourth-order valence-electron chi connectivity index (χ4n) is 10.7. The van der Waals surface area contributed by atoms with E-state index in [4.69, 9.17) is 14.7 Å². The Morgan fingerprint density at radius 1 is 0.829 bits per heavy atom. The summed E-state index contributed by atoms with van der Waals surface area (Å²) in [6.45, 7) is 7.60. The molecule has 1 aliphatic carbocycles. The summed E-state index contributed by atoms with van der Waals surface area (Å²) in [6, 6.07) is 35.2. The maximum Gasteiger partial charge on any atom is 0.336 e. The fourth-order valence-corrected chi connectivity index (χ4v) is 18.3. The van der Waals surface area contributed by atoms with Gasteiger partial charge in [-0.1, -0.05) is 30.8 Å². The number of nitrogens with zero attached hydrogens (tertiary/aromatic N) is 6. The molecule has 0 bridgehead atoms. The van der Waals surface area contributed by atoms with E-state index < -0.39 is 24.4 Å². The van der Waals surface area contributed by atoms with E-state index in [9.17, 15) is 19.2 Å². The Bertz CT molecular complexity index is 3470. The summed E-state index contributed by atoms with van der Waals surface area (Å²) in [6.07, 6.45) is 10.3. The summed E-state index contributed by atoms with van der Waals surface area (Å²) in [5.41, 5.74) is 13.1. The summed E-state index contributed by atoms with van der Waals surface area (Å²) < 4.78 is 20.2. The molecule has 1 fully saturated rings. The van der Waals surface area contributed by atoms with Gasteiger partial charge < -0.3 is 44.4 Å². The van der Waals surface area contributed by atoms with Gasteiger partial charge in [0.25, 0.3) is 0 Å². The molecule has 394 valence electrons. The van der Waals surface area contributed by atoms with E-state index in [0.29, 0.717) is 30.2 Å². The highest BCUT2D eigenvalue weighted by Crippen LogP contribution is 2.48. The minimum Gasteiger partial charge on any atom is -0.494 e. The number of hydrogen-bond acceptors (Lipinski definition) is 9. The average Bonchev–Trinajstić information content (AvgIpc) is 4.11. The topological polar surface area (TPSA) is 166 Å². The number of aromatic amines is 2. The molecule has 10 rings (SSSR count). The minimum absolute atomic E-state index is 0.0599. The lowest BCUT2D eigenvalue weighted by Gasteiger charge is -2.42. The number of allylic oxidation sites excluding steroid dienone is 5. The number of aromatic carboxylic acids is 1. The minimum atomic E-state index is -2.61. The van der Waals surface area contributed by atoms with Crippen LogP contribution in [0.3, 0.4) is 0 Å². The number of H-pyrrole nitrogens is 2. The highest BCUT2D eigenvalue weighted by Gasteiger charge is 2.45. The summed E-state index contributed by atoms with van der Waals surface area (Å²) in [4.78, 5) is 49.5. The van der Waals surface area contributed by atoms with Gasteiger partial charge in [-0.05, 0) is 156 Å². The van der Waals surface area contributed by atoms with E-state index in [1.165, 1.54) is 16.1 Å². The number of benzene rings is 5. The molecule has 2 atom stereocenters. The van der Waals surface area contributed by atoms with E-state index in [0.717, 1.165) is 124 Å². The number of carboxylic acids is 1. The van der Waals surface area contributed by atoms with Crippen LogP contribution >= 0.6 is 10.3 Å². The Balaban J connectivity index is 0.711.